The largest absolute Gasteiger partial charge is 0.352 e. The summed E-state index contributed by atoms with van der Waals surface area (Å²) in [7, 11) is 0. The van der Waals surface area contributed by atoms with Gasteiger partial charge in [-0.25, -0.2) is 14.6 Å². The average molecular weight is 393 g/mol. The Morgan fingerprint density at radius 2 is 1.86 bits per heavy atom. The Balaban J connectivity index is 1.62. The van der Waals surface area contributed by atoms with Gasteiger partial charge < -0.3 is 9.80 Å². The molecule has 7 heteroatoms. The Morgan fingerprint density at radius 3 is 2.55 bits per heavy atom. The van der Waals surface area contributed by atoms with Gasteiger partial charge in [0.05, 0.1) is 17.3 Å². The van der Waals surface area contributed by atoms with E-state index in [-0.39, 0.29) is 5.91 Å². The molecule has 4 rings (SSSR count). The summed E-state index contributed by atoms with van der Waals surface area (Å²) >= 11 is 0. The van der Waals surface area contributed by atoms with Crippen molar-refractivity contribution < 1.29 is 4.79 Å². The maximum Gasteiger partial charge on any atom is 0.222 e. The minimum absolute atomic E-state index is 0.246. The number of aromatic nitrogens is 4. The minimum atomic E-state index is 0.246. The first-order valence-corrected chi connectivity index (χ1v) is 10.2. The standard InChI is InChI=1S/C22H28N6O/c1-15(2)12-20(29)26-8-10-27(11-9-26)21-19-14-23-28(22(19)25-17(4)24-21)18-7-5-6-16(3)13-18/h5-7,13-15H,8-12H2,1-4H3. The fourth-order valence-electron chi connectivity index (χ4n) is 3.83. The molecule has 0 radical (unpaired) electrons. The van der Waals surface area contributed by atoms with E-state index in [2.05, 4.69) is 47.9 Å². The van der Waals surface area contributed by atoms with Crippen LogP contribution in [0.5, 0.6) is 0 Å². The highest BCUT2D eigenvalue weighted by Crippen LogP contribution is 2.27. The van der Waals surface area contributed by atoms with Crippen molar-refractivity contribution in [2.24, 2.45) is 5.92 Å². The van der Waals surface area contributed by atoms with E-state index in [0.717, 1.165) is 54.5 Å². The van der Waals surface area contributed by atoms with Crippen LogP contribution in [0.1, 0.15) is 31.7 Å². The molecule has 1 saturated heterocycles. The van der Waals surface area contributed by atoms with Gasteiger partial charge in [0.2, 0.25) is 5.91 Å². The number of rotatable bonds is 4. The van der Waals surface area contributed by atoms with Gasteiger partial charge in [-0.05, 0) is 37.5 Å². The molecule has 1 amide bonds. The molecular weight excluding hydrogens is 364 g/mol. The van der Waals surface area contributed by atoms with Crippen molar-refractivity contribution in [1.82, 2.24) is 24.6 Å². The number of carbonyl (C=O) groups excluding carboxylic acids is 1. The molecule has 0 saturated carbocycles. The van der Waals surface area contributed by atoms with E-state index in [9.17, 15) is 4.79 Å². The molecule has 7 nitrogen and oxygen atoms in total. The second-order valence-corrected chi connectivity index (χ2v) is 8.19. The van der Waals surface area contributed by atoms with Gasteiger partial charge >= 0.3 is 0 Å². The first kappa shape index (κ1) is 19.4. The van der Waals surface area contributed by atoms with E-state index in [1.807, 2.05) is 34.8 Å². The molecule has 0 bridgehead atoms. The quantitative estimate of drug-likeness (QED) is 0.682. The fraction of sp³-hybridized carbons (Fsp3) is 0.455. The van der Waals surface area contributed by atoms with Crippen molar-refractivity contribution in [3.05, 3.63) is 41.9 Å². The van der Waals surface area contributed by atoms with Crippen LogP contribution in [-0.4, -0.2) is 56.7 Å². The Labute approximate surface area is 171 Å². The van der Waals surface area contributed by atoms with Crippen LogP contribution in [0.4, 0.5) is 5.82 Å². The molecular formula is C22H28N6O. The van der Waals surface area contributed by atoms with E-state index in [4.69, 9.17) is 4.98 Å². The summed E-state index contributed by atoms with van der Waals surface area (Å²) in [5.41, 5.74) is 2.99. The summed E-state index contributed by atoms with van der Waals surface area (Å²) in [5, 5.41) is 5.55. The summed E-state index contributed by atoms with van der Waals surface area (Å²) < 4.78 is 1.88. The number of piperazine rings is 1. The highest BCUT2D eigenvalue weighted by Gasteiger charge is 2.25. The van der Waals surface area contributed by atoms with Crippen molar-refractivity contribution in [3.8, 4) is 5.69 Å². The van der Waals surface area contributed by atoms with Gasteiger partial charge in [0.1, 0.15) is 11.6 Å². The topological polar surface area (TPSA) is 67.2 Å². The zero-order valence-electron chi connectivity index (χ0n) is 17.6. The van der Waals surface area contributed by atoms with Gasteiger partial charge in [0, 0.05) is 32.6 Å². The van der Waals surface area contributed by atoms with Gasteiger partial charge in [0.15, 0.2) is 5.65 Å². The molecule has 1 aliphatic heterocycles. The summed E-state index contributed by atoms with van der Waals surface area (Å²) in [5.74, 6) is 2.26. The number of nitrogens with zero attached hydrogens (tertiary/aromatic N) is 6. The molecule has 3 heterocycles. The smallest absolute Gasteiger partial charge is 0.222 e. The van der Waals surface area contributed by atoms with Gasteiger partial charge in [0.25, 0.3) is 0 Å². The highest BCUT2D eigenvalue weighted by molar-refractivity contribution is 5.88. The Hall–Kier alpha value is -2.96. The van der Waals surface area contributed by atoms with Gasteiger partial charge in [-0.2, -0.15) is 5.10 Å². The molecule has 1 fully saturated rings. The van der Waals surface area contributed by atoms with Crippen molar-refractivity contribution >= 4 is 22.8 Å². The maximum absolute atomic E-state index is 12.4. The monoisotopic (exact) mass is 392 g/mol. The van der Waals surface area contributed by atoms with Gasteiger partial charge in [-0.1, -0.05) is 26.0 Å². The second kappa shape index (κ2) is 7.81. The van der Waals surface area contributed by atoms with Crippen LogP contribution >= 0.6 is 0 Å². The third kappa shape index (κ3) is 3.95. The fourth-order valence-corrected chi connectivity index (χ4v) is 3.83. The van der Waals surface area contributed by atoms with E-state index in [1.165, 1.54) is 5.56 Å². The molecule has 0 spiro atoms. The molecule has 0 N–H and O–H groups in total. The molecule has 0 unspecified atom stereocenters. The highest BCUT2D eigenvalue weighted by atomic mass is 16.2. The summed E-state index contributed by atoms with van der Waals surface area (Å²) in [6.07, 6.45) is 2.46. The van der Waals surface area contributed by atoms with Crippen molar-refractivity contribution in [2.75, 3.05) is 31.1 Å². The minimum Gasteiger partial charge on any atom is -0.352 e. The first-order valence-electron chi connectivity index (χ1n) is 10.2. The predicted octanol–water partition coefficient (Wildman–Crippen LogP) is 3.13. The normalized spacial score (nSPS) is 14.8. The third-order valence-electron chi connectivity index (χ3n) is 5.28. The van der Waals surface area contributed by atoms with Crippen molar-refractivity contribution in [3.63, 3.8) is 0 Å². The van der Waals surface area contributed by atoms with E-state index < -0.39 is 0 Å². The molecule has 0 atom stereocenters. The zero-order chi connectivity index (χ0) is 20.5. The molecule has 29 heavy (non-hydrogen) atoms. The van der Waals surface area contributed by atoms with Crippen molar-refractivity contribution in [2.45, 2.75) is 34.1 Å². The molecule has 0 aliphatic carbocycles. The number of anilines is 1. The van der Waals surface area contributed by atoms with Crippen LogP contribution in [0.15, 0.2) is 30.5 Å². The number of hydrogen-bond acceptors (Lipinski definition) is 5. The van der Waals surface area contributed by atoms with Gasteiger partial charge in [-0.3, -0.25) is 4.79 Å². The zero-order valence-corrected chi connectivity index (χ0v) is 17.6. The molecule has 152 valence electrons. The van der Waals surface area contributed by atoms with Crippen molar-refractivity contribution in [1.29, 1.82) is 0 Å². The summed E-state index contributed by atoms with van der Waals surface area (Å²) in [6.45, 7) is 11.1. The van der Waals surface area contributed by atoms with Crippen LogP contribution in [0, 0.1) is 19.8 Å². The number of carbonyl (C=O) groups is 1. The Bertz CT molecular complexity index is 1030. The van der Waals surface area contributed by atoms with Crippen LogP contribution < -0.4 is 4.90 Å². The summed E-state index contributed by atoms with van der Waals surface area (Å²) in [6, 6.07) is 8.24. The number of fused-ring (bicyclic) bond motifs is 1. The second-order valence-electron chi connectivity index (χ2n) is 8.19. The number of aryl methyl sites for hydroxylation is 2. The van der Waals surface area contributed by atoms with Crippen LogP contribution in [0.2, 0.25) is 0 Å². The average Bonchev–Trinajstić information content (AvgIpc) is 3.10. The van der Waals surface area contributed by atoms with Crippen LogP contribution in [-0.2, 0) is 4.79 Å². The Kier molecular flexibility index (Phi) is 5.22. The number of benzene rings is 1. The summed E-state index contributed by atoms with van der Waals surface area (Å²) in [4.78, 5) is 26.0. The first-order chi connectivity index (χ1) is 13.9. The lowest BCUT2D eigenvalue weighted by Crippen LogP contribution is -2.49. The molecule has 1 aromatic carbocycles. The number of hydrogen-bond donors (Lipinski definition) is 0. The van der Waals surface area contributed by atoms with E-state index in [1.54, 1.807) is 0 Å². The third-order valence-corrected chi connectivity index (χ3v) is 5.28. The van der Waals surface area contributed by atoms with Crippen LogP contribution in [0.3, 0.4) is 0 Å². The molecule has 3 aromatic rings. The van der Waals surface area contributed by atoms with E-state index in [0.29, 0.717) is 12.3 Å². The van der Waals surface area contributed by atoms with Crippen LogP contribution in [0.25, 0.3) is 16.7 Å². The number of amides is 1. The lowest BCUT2D eigenvalue weighted by atomic mass is 10.1. The SMILES string of the molecule is Cc1cccc(-n2ncc3c(N4CCN(C(=O)CC(C)C)CC4)nc(C)nc32)c1. The predicted molar refractivity (Wildman–Crippen MR) is 114 cm³/mol. The van der Waals surface area contributed by atoms with E-state index >= 15 is 0 Å². The van der Waals surface area contributed by atoms with Gasteiger partial charge in [-0.15, -0.1) is 0 Å². The lowest BCUT2D eigenvalue weighted by molar-refractivity contribution is -0.132. The Morgan fingerprint density at radius 1 is 1.10 bits per heavy atom. The molecule has 2 aromatic heterocycles. The molecule has 1 aliphatic rings. The maximum atomic E-state index is 12.4. The lowest BCUT2D eigenvalue weighted by Gasteiger charge is -2.36.